The minimum atomic E-state index is -0.592. The lowest BCUT2D eigenvalue weighted by atomic mass is 9.79. The highest BCUT2D eigenvalue weighted by Gasteiger charge is 2.29. The van der Waals surface area contributed by atoms with Crippen molar-refractivity contribution < 1.29 is 4.79 Å². The molecule has 0 bridgehead atoms. The van der Waals surface area contributed by atoms with Crippen LogP contribution >= 0.6 is 0 Å². The van der Waals surface area contributed by atoms with Gasteiger partial charge >= 0.3 is 0 Å². The van der Waals surface area contributed by atoms with E-state index in [4.69, 9.17) is 11.5 Å². The van der Waals surface area contributed by atoms with Gasteiger partial charge in [-0.3, -0.25) is 4.79 Å². The molecule has 3 heteroatoms. The van der Waals surface area contributed by atoms with Gasteiger partial charge in [-0.2, -0.15) is 0 Å². The van der Waals surface area contributed by atoms with Crippen molar-refractivity contribution in [2.24, 2.45) is 16.9 Å². The maximum atomic E-state index is 11.5. The summed E-state index contributed by atoms with van der Waals surface area (Å²) in [7, 11) is 0. The van der Waals surface area contributed by atoms with Gasteiger partial charge in [-0.25, -0.2) is 0 Å². The molecule has 20 heavy (non-hydrogen) atoms. The van der Waals surface area contributed by atoms with E-state index in [1.54, 1.807) is 0 Å². The monoisotopic (exact) mass is 276 g/mol. The highest BCUT2D eigenvalue weighted by Crippen LogP contribution is 2.35. The highest BCUT2D eigenvalue weighted by molar-refractivity contribution is 5.80. The summed E-state index contributed by atoms with van der Waals surface area (Å²) in [5.41, 5.74) is 18.8. The predicted molar refractivity (Wildman–Crippen MR) is 84.6 cm³/mol. The van der Waals surface area contributed by atoms with Crippen molar-refractivity contribution in [2.75, 3.05) is 0 Å². The summed E-state index contributed by atoms with van der Waals surface area (Å²) in [5.74, 6) is -0.302. The number of carbonyl (C=O) groups excluding carboxylic acids is 1. The fourth-order valence-corrected chi connectivity index (χ4v) is 2.84. The van der Waals surface area contributed by atoms with Crippen molar-refractivity contribution in [1.29, 1.82) is 0 Å². The van der Waals surface area contributed by atoms with Crippen LogP contribution in [-0.2, 0) is 4.79 Å². The first-order valence-electron chi connectivity index (χ1n) is 7.13. The summed E-state index contributed by atoms with van der Waals surface area (Å²) in [4.78, 5) is 11.5. The Bertz CT molecular complexity index is 515. The number of amides is 1. The van der Waals surface area contributed by atoms with Gasteiger partial charge in [-0.05, 0) is 74.4 Å². The Morgan fingerprint density at radius 1 is 0.950 bits per heavy atom. The summed E-state index contributed by atoms with van der Waals surface area (Å²) in [6.45, 7) is 14.3. The third-order valence-corrected chi connectivity index (χ3v) is 4.83. The Hall–Kier alpha value is -1.35. The second kappa shape index (κ2) is 5.57. The van der Waals surface area contributed by atoms with Gasteiger partial charge in [0.1, 0.15) is 0 Å². The molecule has 112 valence electrons. The third kappa shape index (κ3) is 2.88. The van der Waals surface area contributed by atoms with Crippen LogP contribution in [0.3, 0.4) is 0 Å². The van der Waals surface area contributed by atoms with Gasteiger partial charge in [0.15, 0.2) is 0 Å². The van der Waals surface area contributed by atoms with Gasteiger partial charge in [0, 0.05) is 11.5 Å². The number of nitrogens with two attached hydrogens (primary N) is 2. The lowest BCUT2D eigenvalue weighted by Gasteiger charge is -2.28. The van der Waals surface area contributed by atoms with E-state index in [2.05, 4.69) is 34.6 Å². The summed E-state index contributed by atoms with van der Waals surface area (Å²) in [6, 6.07) is -0.171. The van der Waals surface area contributed by atoms with Gasteiger partial charge in [0.2, 0.25) is 5.91 Å². The normalized spacial score (nSPS) is 13.4. The Morgan fingerprint density at radius 2 is 1.30 bits per heavy atom. The molecule has 0 radical (unpaired) electrons. The van der Waals surface area contributed by atoms with Crippen LogP contribution in [0.2, 0.25) is 0 Å². The van der Waals surface area contributed by atoms with Gasteiger partial charge in [-0.15, -0.1) is 0 Å². The molecule has 1 atom stereocenters. The van der Waals surface area contributed by atoms with Crippen LogP contribution in [-0.4, -0.2) is 5.91 Å². The SMILES string of the molecule is Cc1c(C)c(C)c(C(N)CC(C)(C)C(N)=O)c(C)c1C. The molecule has 0 saturated heterocycles. The Labute approximate surface area is 122 Å². The molecule has 0 aliphatic rings. The molecule has 0 aliphatic heterocycles. The summed E-state index contributed by atoms with van der Waals surface area (Å²) >= 11 is 0. The molecule has 0 fully saturated rings. The van der Waals surface area contributed by atoms with Crippen molar-refractivity contribution in [2.45, 2.75) is 60.9 Å². The van der Waals surface area contributed by atoms with E-state index in [-0.39, 0.29) is 11.9 Å². The fourth-order valence-electron chi connectivity index (χ4n) is 2.84. The number of hydrogen-bond acceptors (Lipinski definition) is 2. The molecule has 0 aromatic heterocycles. The third-order valence-electron chi connectivity index (χ3n) is 4.83. The zero-order chi connectivity index (χ0) is 15.8. The van der Waals surface area contributed by atoms with Gasteiger partial charge < -0.3 is 11.5 Å². The lowest BCUT2D eigenvalue weighted by Crippen LogP contribution is -2.35. The first-order valence-corrected chi connectivity index (χ1v) is 7.13. The summed E-state index contributed by atoms with van der Waals surface area (Å²) in [5, 5.41) is 0. The van der Waals surface area contributed by atoms with E-state index >= 15 is 0 Å². The van der Waals surface area contributed by atoms with Crippen LogP contribution in [0.5, 0.6) is 0 Å². The maximum Gasteiger partial charge on any atom is 0.223 e. The van der Waals surface area contributed by atoms with Gasteiger partial charge in [0.25, 0.3) is 0 Å². The van der Waals surface area contributed by atoms with Crippen molar-refractivity contribution in [3.05, 3.63) is 33.4 Å². The van der Waals surface area contributed by atoms with E-state index in [0.29, 0.717) is 6.42 Å². The Morgan fingerprint density at radius 3 is 1.65 bits per heavy atom. The fraction of sp³-hybridized carbons (Fsp3) is 0.588. The quantitative estimate of drug-likeness (QED) is 0.887. The van der Waals surface area contributed by atoms with E-state index in [9.17, 15) is 4.79 Å². The van der Waals surface area contributed by atoms with Crippen LogP contribution in [0, 0.1) is 40.0 Å². The Balaban J connectivity index is 3.31. The zero-order valence-corrected chi connectivity index (χ0v) is 13.8. The van der Waals surface area contributed by atoms with Crippen LogP contribution in [0.25, 0.3) is 0 Å². The van der Waals surface area contributed by atoms with Crippen LogP contribution in [0.4, 0.5) is 0 Å². The average molecular weight is 276 g/mol. The summed E-state index contributed by atoms with van der Waals surface area (Å²) < 4.78 is 0. The molecule has 1 unspecified atom stereocenters. The van der Waals surface area contributed by atoms with Crippen molar-refractivity contribution >= 4 is 5.91 Å². The molecule has 1 rings (SSSR count). The topological polar surface area (TPSA) is 69.1 Å². The molecule has 0 spiro atoms. The number of hydrogen-bond donors (Lipinski definition) is 2. The van der Waals surface area contributed by atoms with Crippen molar-refractivity contribution in [3.63, 3.8) is 0 Å². The number of benzene rings is 1. The summed E-state index contributed by atoms with van der Waals surface area (Å²) in [6.07, 6.45) is 0.561. The minimum Gasteiger partial charge on any atom is -0.369 e. The lowest BCUT2D eigenvalue weighted by molar-refractivity contribution is -0.126. The van der Waals surface area contributed by atoms with Gasteiger partial charge in [-0.1, -0.05) is 13.8 Å². The van der Waals surface area contributed by atoms with Crippen molar-refractivity contribution in [3.8, 4) is 0 Å². The molecule has 0 heterocycles. The van der Waals surface area contributed by atoms with E-state index in [1.807, 2.05) is 13.8 Å². The molecule has 4 N–H and O–H groups in total. The minimum absolute atomic E-state index is 0.171. The molecule has 1 aromatic rings. The molecule has 1 amide bonds. The molecule has 1 aromatic carbocycles. The Kier molecular flexibility index (Phi) is 4.65. The van der Waals surface area contributed by atoms with E-state index in [1.165, 1.54) is 33.4 Å². The number of carbonyl (C=O) groups is 1. The second-order valence-electron chi connectivity index (χ2n) is 6.60. The van der Waals surface area contributed by atoms with E-state index < -0.39 is 5.41 Å². The second-order valence-corrected chi connectivity index (χ2v) is 6.60. The first-order chi connectivity index (χ1) is 9.00. The maximum absolute atomic E-state index is 11.5. The average Bonchev–Trinajstić information content (AvgIpc) is 2.33. The standard InChI is InChI=1S/C17H28N2O/c1-9-10(2)12(4)15(13(5)11(9)3)14(18)8-17(6,7)16(19)20/h14H,8,18H2,1-7H3,(H2,19,20). The molecular weight excluding hydrogens is 248 g/mol. The van der Waals surface area contributed by atoms with Crippen LogP contribution in [0.1, 0.15) is 59.7 Å². The number of primary amides is 1. The van der Waals surface area contributed by atoms with Crippen molar-refractivity contribution in [1.82, 2.24) is 0 Å². The molecule has 0 saturated carbocycles. The largest absolute Gasteiger partial charge is 0.369 e. The van der Waals surface area contributed by atoms with Gasteiger partial charge in [0.05, 0.1) is 0 Å². The zero-order valence-electron chi connectivity index (χ0n) is 13.8. The van der Waals surface area contributed by atoms with E-state index in [0.717, 1.165) is 0 Å². The predicted octanol–water partition coefficient (Wildman–Crippen LogP) is 3.13. The first kappa shape index (κ1) is 16.7. The highest BCUT2D eigenvalue weighted by atomic mass is 16.1. The van der Waals surface area contributed by atoms with Crippen LogP contribution < -0.4 is 11.5 Å². The smallest absolute Gasteiger partial charge is 0.223 e. The van der Waals surface area contributed by atoms with Crippen LogP contribution in [0.15, 0.2) is 0 Å². The molecule has 3 nitrogen and oxygen atoms in total. The molecular formula is C17H28N2O. The molecule has 0 aliphatic carbocycles. The number of rotatable bonds is 4.